The molecule has 2 aromatic carbocycles. The Morgan fingerprint density at radius 1 is 1.04 bits per heavy atom. The first-order valence-corrected chi connectivity index (χ1v) is 9.40. The van der Waals surface area contributed by atoms with Gasteiger partial charge in [-0.15, -0.1) is 0 Å². The van der Waals surface area contributed by atoms with Gasteiger partial charge in [-0.25, -0.2) is 4.79 Å². The van der Waals surface area contributed by atoms with E-state index in [2.05, 4.69) is 30.9 Å². The second kappa shape index (κ2) is 8.51. The van der Waals surface area contributed by atoms with Crippen molar-refractivity contribution in [2.24, 2.45) is 5.92 Å². The SMILES string of the molecule is Cc1ccc2c(CN(Cc3ccccc3)C(CO)C(C)C)cc(=O)oc2c1. The van der Waals surface area contributed by atoms with E-state index in [1.54, 1.807) is 6.07 Å². The Morgan fingerprint density at radius 3 is 2.44 bits per heavy atom. The Balaban J connectivity index is 2.01. The number of hydrogen-bond acceptors (Lipinski definition) is 4. The monoisotopic (exact) mass is 365 g/mol. The lowest BCUT2D eigenvalue weighted by Gasteiger charge is -2.33. The molecule has 27 heavy (non-hydrogen) atoms. The molecule has 4 heteroatoms. The van der Waals surface area contributed by atoms with Crippen LogP contribution in [0.4, 0.5) is 0 Å². The molecule has 4 nitrogen and oxygen atoms in total. The molecule has 0 aliphatic heterocycles. The maximum absolute atomic E-state index is 12.1. The molecular weight excluding hydrogens is 338 g/mol. The minimum Gasteiger partial charge on any atom is -0.423 e. The van der Waals surface area contributed by atoms with Crippen molar-refractivity contribution in [2.45, 2.75) is 39.9 Å². The number of aliphatic hydroxyl groups excluding tert-OH is 1. The highest BCUT2D eigenvalue weighted by atomic mass is 16.4. The van der Waals surface area contributed by atoms with Crippen molar-refractivity contribution < 1.29 is 9.52 Å². The summed E-state index contributed by atoms with van der Waals surface area (Å²) in [7, 11) is 0. The molecule has 0 saturated carbocycles. The quantitative estimate of drug-likeness (QED) is 0.640. The summed E-state index contributed by atoms with van der Waals surface area (Å²) < 4.78 is 5.39. The van der Waals surface area contributed by atoms with E-state index in [0.29, 0.717) is 18.7 Å². The first kappa shape index (κ1) is 19.3. The van der Waals surface area contributed by atoms with Crippen molar-refractivity contribution in [1.82, 2.24) is 4.90 Å². The first-order valence-electron chi connectivity index (χ1n) is 9.40. The predicted octanol–water partition coefficient (Wildman–Crippen LogP) is 4.12. The van der Waals surface area contributed by atoms with Crippen molar-refractivity contribution >= 4 is 11.0 Å². The highest BCUT2D eigenvalue weighted by Crippen LogP contribution is 2.23. The summed E-state index contributed by atoms with van der Waals surface area (Å²) in [5, 5.41) is 10.9. The fourth-order valence-electron chi connectivity index (χ4n) is 3.54. The number of fused-ring (bicyclic) bond motifs is 1. The minimum absolute atomic E-state index is 0.00190. The van der Waals surface area contributed by atoms with E-state index in [1.807, 2.05) is 43.3 Å². The highest BCUT2D eigenvalue weighted by Gasteiger charge is 2.23. The van der Waals surface area contributed by atoms with E-state index in [0.717, 1.165) is 16.5 Å². The van der Waals surface area contributed by atoms with Crippen LogP contribution in [0.25, 0.3) is 11.0 Å². The largest absolute Gasteiger partial charge is 0.423 e. The van der Waals surface area contributed by atoms with E-state index in [4.69, 9.17) is 4.42 Å². The molecule has 1 unspecified atom stereocenters. The second-order valence-electron chi connectivity index (χ2n) is 7.47. The van der Waals surface area contributed by atoms with Gasteiger partial charge in [0.2, 0.25) is 0 Å². The fourth-order valence-corrected chi connectivity index (χ4v) is 3.54. The third-order valence-electron chi connectivity index (χ3n) is 5.01. The molecule has 0 aliphatic rings. The molecule has 0 amide bonds. The van der Waals surface area contributed by atoms with Crippen LogP contribution in [-0.4, -0.2) is 22.7 Å². The number of rotatable bonds is 7. The molecule has 1 N–H and O–H groups in total. The summed E-state index contributed by atoms with van der Waals surface area (Å²) in [4.78, 5) is 14.3. The van der Waals surface area contributed by atoms with Crippen LogP contribution in [0.2, 0.25) is 0 Å². The summed E-state index contributed by atoms with van der Waals surface area (Å²) in [5.41, 5.74) is 3.44. The van der Waals surface area contributed by atoms with Gasteiger partial charge in [-0.3, -0.25) is 4.90 Å². The average Bonchev–Trinajstić information content (AvgIpc) is 2.62. The Hall–Kier alpha value is -2.43. The molecule has 1 atom stereocenters. The van der Waals surface area contributed by atoms with Crippen LogP contribution in [0.1, 0.15) is 30.5 Å². The third kappa shape index (κ3) is 4.65. The zero-order valence-corrected chi connectivity index (χ0v) is 16.2. The van der Waals surface area contributed by atoms with Gasteiger partial charge in [-0.1, -0.05) is 56.3 Å². The predicted molar refractivity (Wildman–Crippen MR) is 109 cm³/mol. The number of hydrogen-bond donors (Lipinski definition) is 1. The Labute approximate surface area is 160 Å². The average molecular weight is 365 g/mol. The van der Waals surface area contributed by atoms with Crippen molar-refractivity contribution in [3.05, 3.63) is 81.7 Å². The Kier molecular flexibility index (Phi) is 6.09. The number of benzene rings is 2. The van der Waals surface area contributed by atoms with Crippen LogP contribution >= 0.6 is 0 Å². The Morgan fingerprint density at radius 2 is 1.78 bits per heavy atom. The van der Waals surface area contributed by atoms with Crippen LogP contribution < -0.4 is 5.63 Å². The molecule has 142 valence electrons. The van der Waals surface area contributed by atoms with Crippen LogP contribution in [0.15, 0.2) is 63.8 Å². The molecule has 0 spiro atoms. The van der Waals surface area contributed by atoms with Gasteiger partial charge >= 0.3 is 5.63 Å². The van der Waals surface area contributed by atoms with Gasteiger partial charge in [0.05, 0.1) is 6.61 Å². The van der Waals surface area contributed by atoms with E-state index < -0.39 is 0 Å². The molecule has 0 aliphatic carbocycles. The Bertz CT molecular complexity index is 947. The lowest BCUT2D eigenvalue weighted by molar-refractivity contribution is 0.0787. The molecule has 3 rings (SSSR count). The topological polar surface area (TPSA) is 53.7 Å². The van der Waals surface area contributed by atoms with Crippen molar-refractivity contribution in [1.29, 1.82) is 0 Å². The van der Waals surface area contributed by atoms with Gasteiger partial charge in [0.1, 0.15) is 5.58 Å². The van der Waals surface area contributed by atoms with Crippen molar-refractivity contribution in [3.63, 3.8) is 0 Å². The maximum Gasteiger partial charge on any atom is 0.336 e. The van der Waals surface area contributed by atoms with Gasteiger partial charge in [-0.2, -0.15) is 0 Å². The van der Waals surface area contributed by atoms with Crippen molar-refractivity contribution in [3.8, 4) is 0 Å². The standard InChI is InChI=1S/C23H27NO3/c1-16(2)21(15-25)24(13-18-7-5-4-6-8-18)14-19-12-23(26)27-22-11-17(3)9-10-20(19)22/h4-12,16,21,25H,13-15H2,1-3H3. The van der Waals surface area contributed by atoms with Crippen LogP contribution in [0.5, 0.6) is 0 Å². The van der Waals surface area contributed by atoms with Crippen LogP contribution in [-0.2, 0) is 13.1 Å². The van der Waals surface area contributed by atoms with Gasteiger partial charge in [0.25, 0.3) is 0 Å². The van der Waals surface area contributed by atoms with Crippen LogP contribution in [0, 0.1) is 12.8 Å². The molecular formula is C23H27NO3. The summed E-state index contributed by atoms with van der Waals surface area (Å²) in [6, 6.07) is 17.7. The number of aryl methyl sites for hydroxylation is 1. The zero-order chi connectivity index (χ0) is 19.4. The highest BCUT2D eigenvalue weighted by molar-refractivity contribution is 5.80. The van der Waals surface area contributed by atoms with Crippen molar-refractivity contribution in [2.75, 3.05) is 6.61 Å². The summed E-state index contributed by atoms with van der Waals surface area (Å²) in [5.74, 6) is 0.285. The number of aliphatic hydroxyl groups is 1. The van der Waals surface area contributed by atoms with Crippen LogP contribution in [0.3, 0.4) is 0 Å². The summed E-state index contributed by atoms with van der Waals surface area (Å²) in [6.07, 6.45) is 0. The third-order valence-corrected chi connectivity index (χ3v) is 5.01. The maximum atomic E-state index is 12.1. The minimum atomic E-state index is -0.340. The molecule has 0 fully saturated rings. The molecule has 1 aromatic heterocycles. The smallest absolute Gasteiger partial charge is 0.336 e. The summed E-state index contributed by atoms with van der Waals surface area (Å²) >= 11 is 0. The number of nitrogens with zero attached hydrogens (tertiary/aromatic N) is 1. The zero-order valence-electron chi connectivity index (χ0n) is 16.2. The van der Waals surface area contributed by atoms with E-state index in [1.165, 1.54) is 5.56 Å². The molecule has 0 bridgehead atoms. The molecule has 0 radical (unpaired) electrons. The summed E-state index contributed by atoms with van der Waals surface area (Å²) in [6.45, 7) is 7.55. The first-order chi connectivity index (χ1) is 13.0. The normalized spacial score (nSPS) is 12.8. The lowest BCUT2D eigenvalue weighted by Crippen LogP contribution is -2.40. The van der Waals surface area contributed by atoms with Gasteiger partial charge in [0.15, 0.2) is 0 Å². The molecule has 3 aromatic rings. The van der Waals surface area contributed by atoms with Gasteiger partial charge in [-0.05, 0) is 35.6 Å². The molecule has 0 saturated heterocycles. The van der Waals surface area contributed by atoms with Gasteiger partial charge in [0, 0.05) is 30.6 Å². The van der Waals surface area contributed by atoms with Gasteiger partial charge < -0.3 is 9.52 Å². The molecule has 1 heterocycles. The lowest BCUT2D eigenvalue weighted by atomic mass is 10.0. The van der Waals surface area contributed by atoms with E-state index in [9.17, 15) is 9.90 Å². The fraction of sp³-hybridized carbons (Fsp3) is 0.348. The van der Waals surface area contributed by atoms with E-state index in [-0.39, 0.29) is 24.2 Å². The second-order valence-corrected chi connectivity index (χ2v) is 7.47. The van der Waals surface area contributed by atoms with E-state index >= 15 is 0 Å².